The van der Waals surface area contributed by atoms with Crippen molar-refractivity contribution in [1.29, 1.82) is 0 Å². The van der Waals surface area contributed by atoms with Gasteiger partial charge in [-0.15, -0.1) is 0 Å². The average molecular weight is 399 g/mol. The van der Waals surface area contributed by atoms with Crippen molar-refractivity contribution in [2.24, 2.45) is 28.6 Å². The molecule has 4 heteroatoms. The Balaban J connectivity index is 1.85. The van der Waals surface area contributed by atoms with Gasteiger partial charge in [-0.2, -0.15) is 0 Å². The van der Waals surface area contributed by atoms with Gasteiger partial charge in [-0.25, -0.2) is 0 Å². The van der Waals surface area contributed by atoms with Crippen molar-refractivity contribution >= 4 is 17.5 Å². The molecule has 0 aromatic heterocycles. The van der Waals surface area contributed by atoms with Crippen molar-refractivity contribution < 1.29 is 21.9 Å². The maximum atomic E-state index is 13.0. The molecule has 6 atom stereocenters. The molecule has 29 heavy (non-hydrogen) atoms. The Morgan fingerprint density at radius 3 is 2.55 bits per heavy atom. The minimum absolute atomic E-state index is 0.0545. The highest BCUT2D eigenvalue weighted by Gasteiger charge is 2.69. The molecule has 2 saturated carbocycles. The smallest absolute Gasteiger partial charge is 0.303 e. The predicted octanol–water partition coefficient (Wildman–Crippen LogP) is 4.74. The first-order valence-corrected chi connectivity index (χ1v) is 10.5. The molecule has 0 aromatic rings. The fraction of sp³-hybridized carbons (Fsp3) is 0.640. The quantitative estimate of drug-likeness (QED) is 0.498. The first-order chi connectivity index (χ1) is 14.2. The Labute approximate surface area is 176 Å². The number of allylic oxidation sites excluding steroid dienone is 4. The molecule has 4 aliphatic rings. The van der Waals surface area contributed by atoms with Crippen molar-refractivity contribution in [3.8, 4) is 0 Å². The second-order valence-corrected chi connectivity index (χ2v) is 9.93. The Kier molecular flexibility index (Phi) is 3.86. The zero-order valence-corrected chi connectivity index (χ0v) is 18.1. The van der Waals surface area contributed by atoms with Crippen LogP contribution in [0.4, 0.5) is 0 Å². The molecule has 0 bridgehead atoms. The summed E-state index contributed by atoms with van der Waals surface area (Å²) in [5, 5.41) is 0. The predicted molar refractivity (Wildman–Crippen MR) is 111 cm³/mol. The highest BCUT2D eigenvalue weighted by molar-refractivity contribution is 5.93. The lowest BCUT2D eigenvalue weighted by Crippen LogP contribution is -2.58. The number of fused-ring (bicyclic) bond motifs is 5. The van der Waals surface area contributed by atoms with Crippen molar-refractivity contribution in [2.75, 3.05) is 0 Å². The van der Waals surface area contributed by atoms with Crippen LogP contribution >= 0.6 is 0 Å². The Morgan fingerprint density at radius 1 is 1.24 bits per heavy atom. The Morgan fingerprint density at radius 2 is 1.93 bits per heavy atom. The van der Waals surface area contributed by atoms with E-state index < -0.39 is 34.6 Å². The molecular formula is C25H32O4. The largest absolute Gasteiger partial charge is 0.446 e. The van der Waals surface area contributed by atoms with E-state index in [1.54, 1.807) is 0 Å². The molecule has 0 aliphatic heterocycles. The van der Waals surface area contributed by atoms with Crippen molar-refractivity contribution in [1.82, 2.24) is 0 Å². The molecule has 156 valence electrons. The summed E-state index contributed by atoms with van der Waals surface area (Å²) in [6.07, 6.45) is 4.07. The standard InChI is InChI=1S/C25H32O4/c1-14-11-19-20(23(5)9-7-18(28)13-21(14)23)8-10-24(6)22(19)12-15(2)25(24,16(3)26)29-17(4)27/h11,13,19-20,22H,2,7-10,12H2,1,3-6H3/t19?,20?,22?,23?,24?,25-/m0/s1/i7D2. The van der Waals surface area contributed by atoms with E-state index in [2.05, 4.69) is 26.5 Å². The molecular weight excluding hydrogens is 364 g/mol. The molecule has 0 N–H and O–H groups in total. The van der Waals surface area contributed by atoms with Crippen LogP contribution in [0.15, 0.2) is 35.5 Å². The topological polar surface area (TPSA) is 60.4 Å². The van der Waals surface area contributed by atoms with Gasteiger partial charge in [0.05, 0.1) is 0 Å². The molecule has 0 saturated heterocycles. The number of hydrogen-bond donors (Lipinski definition) is 0. The monoisotopic (exact) mass is 398 g/mol. The molecule has 4 nitrogen and oxygen atoms in total. The van der Waals surface area contributed by atoms with E-state index >= 15 is 0 Å². The average Bonchev–Trinajstić information content (AvgIpc) is 2.85. The number of rotatable bonds is 2. The molecule has 0 aromatic carbocycles. The number of carbonyl (C=O) groups is 3. The molecule has 4 rings (SSSR count). The van der Waals surface area contributed by atoms with Gasteiger partial charge in [0.2, 0.25) is 0 Å². The van der Waals surface area contributed by atoms with E-state index in [4.69, 9.17) is 7.48 Å². The highest BCUT2D eigenvalue weighted by atomic mass is 16.6. The van der Waals surface area contributed by atoms with E-state index in [0.29, 0.717) is 18.4 Å². The van der Waals surface area contributed by atoms with Gasteiger partial charge in [-0.05, 0) is 79.9 Å². The van der Waals surface area contributed by atoms with Crippen LogP contribution in [0.2, 0.25) is 0 Å². The van der Waals surface area contributed by atoms with Gasteiger partial charge in [0, 0.05) is 21.5 Å². The van der Waals surface area contributed by atoms with E-state index in [0.717, 1.165) is 17.6 Å². The maximum absolute atomic E-state index is 13.0. The summed E-state index contributed by atoms with van der Waals surface area (Å²) in [6, 6.07) is 0. The van der Waals surface area contributed by atoms with Crippen LogP contribution < -0.4 is 0 Å². The van der Waals surface area contributed by atoms with Crippen LogP contribution in [0.1, 0.15) is 69.4 Å². The summed E-state index contributed by atoms with van der Waals surface area (Å²) >= 11 is 0. The van der Waals surface area contributed by atoms with Gasteiger partial charge in [0.1, 0.15) is 0 Å². The third-order valence-electron chi connectivity index (χ3n) is 8.49. The lowest BCUT2D eigenvalue weighted by atomic mass is 9.47. The summed E-state index contributed by atoms with van der Waals surface area (Å²) < 4.78 is 22.4. The first kappa shape index (κ1) is 17.9. The second-order valence-electron chi connectivity index (χ2n) is 9.93. The minimum Gasteiger partial charge on any atom is -0.446 e. The molecule has 0 amide bonds. The Hall–Kier alpha value is -1.97. The lowest BCUT2D eigenvalue weighted by Gasteiger charge is -2.57. The lowest BCUT2D eigenvalue weighted by molar-refractivity contribution is -0.179. The highest BCUT2D eigenvalue weighted by Crippen LogP contribution is 2.68. The van der Waals surface area contributed by atoms with Crippen LogP contribution in [-0.4, -0.2) is 23.1 Å². The van der Waals surface area contributed by atoms with Gasteiger partial charge < -0.3 is 4.74 Å². The number of hydrogen-bond acceptors (Lipinski definition) is 4. The van der Waals surface area contributed by atoms with Crippen LogP contribution in [0.3, 0.4) is 0 Å². The molecule has 0 heterocycles. The van der Waals surface area contributed by atoms with Gasteiger partial charge in [-0.1, -0.05) is 32.1 Å². The zero-order chi connectivity index (χ0) is 23.1. The fourth-order valence-electron chi connectivity index (χ4n) is 7.24. The van der Waals surface area contributed by atoms with Crippen molar-refractivity contribution in [2.45, 2.75) is 72.3 Å². The zero-order valence-electron chi connectivity index (χ0n) is 20.1. The van der Waals surface area contributed by atoms with Gasteiger partial charge in [-0.3, -0.25) is 14.4 Å². The van der Waals surface area contributed by atoms with Crippen LogP contribution in [-0.2, 0) is 19.1 Å². The van der Waals surface area contributed by atoms with E-state index in [1.807, 2.05) is 6.92 Å². The third kappa shape index (κ3) is 2.47. The number of carbonyl (C=O) groups excluding carboxylic acids is 3. The SMILES string of the molecule is [2H]C1([2H])CC2(C)C(=CC1=O)C(C)=CC1C2CCC2(C)C1CC(=C)[C@]2(OC(C)=O)C(C)=O. The summed E-state index contributed by atoms with van der Waals surface area (Å²) in [4.78, 5) is 37.4. The van der Waals surface area contributed by atoms with Crippen LogP contribution in [0, 0.1) is 28.6 Å². The van der Waals surface area contributed by atoms with Gasteiger partial charge in [0.15, 0.2) is 17.2 Å². The summed E-state index contributed by atoms with van der Waals surface area (Å²) in [5.41, 5.74) is 0.287. The normalized spacial score (nSPS) is 46.3. The summed E-state index contributed by atoms with van der Waals surface area (Å²) in [7, 11) is 0. The number of esters is 1. The fourth-order valence-corrected chi connectivity index (χ4v) is 7.24. The first-order valence-electron chi connectivity index (χ1n) is 11.5. The number of Topliss-reactive ketones (excluding diaryl/α,β-unsaturated/α-hetero) is 1. The number of ether oxygens (including phenoxy) is 1. The van der Waals surface area contributed by atoms with E-state index in [-0.39, 0.29) is 30.0 Å². The minimum atomic E-state index is -1.87. The third-order valence-corrected chi connectivity index (χ3v) is 8.49. The van der Waals surface area contributed by atoms with E-state index in [9.17, 15) is 14.4 Å². The van der Waals surface area contributed by atoms with Crippen LogP contribution in [0.25, 0.3) is 0 Å². The number of ketones is 2. The van der Waals surface area contributed by atoms with Crippen LogP contribution in [0.5, 0.6) is 0 Å². The van der Waals surface area contributed by atoms with Gasteiger partial charge in [0.25, 0.3) is 0 Å². The summed E-state index contributed by atoms with van der Waals surface area (Å²) in [6.45, 7) is 13.2. The van der Waals surface area contributed by atoms with E-state index in [1.165, 1.54) is 19.9 Å². The summed E-state index contributed by atoms with van der Waals surface area (Å²) in [5.74, 6) is -0.814. The maximum Gasteiger partial charge on any atom is 0.303 e. The second kappa shape index (κ2) is 6.26. The molecule has 2 fully saturated rings. The molecule has 0 radical (unpaired) electrons. The Bertz CT molecular complexity index is 976. The van der Waals surface area contributed by atoms with Gasteiger partial charge >= 0.3 is 5.97 Å². The molecule has 0 spiro atoms. The van der Waals surface area contributed by atoms with Crippen molar-refractivity contribution in [3.05, 3.63) is 35.5 Å². The molecule has 4 aliphatic carbocycles. The van der Waals surface area contributed by atoms with Crippen molar-refractivity contribution in [3.63, 3.8) is 0 Å². The molecule has 5 unspecified atom stereocenters.